The van der Waals surface area contributed by atoms with Crippen LogP contribution in [0.15, 0.2) is 30.5 Å². The number of hydrogen-bond donors (Lipinski definition) is 1. The molecular formula is C17H18ClN3O3. The number of nitrogens with zero attached hydrogens (tertiary/aromatic N) is 3. The van der Waals surface area contributed by atoms with Gasteiger partial charge in [0.1, 0.15) is 0 Å². The van der Waals surface area contributed by atoms with Gasteiger partial charge in [-0.05, 0) is 24.6 Å². The van der Waals surface area contributed by atoms with Gasteiger partial charge in [0.05, 0.1) is 17.7 Å². The summed E-state index contributed by atoms with van der Waals surface area (Å²) in [5.41, 5.74) is 2.16. The largest absolute Gasteiger partial charge is 0.481 e. The van der Waals surface area contributed by atoms with Crippen molar-refractivity contribution in [2.45, 2.75) is 12.8 Å². The molecule has 2 heterocycles. The Labute approximate surface area is 144 Å². The predicted octanol–water partition coefficient (Wildman–Crippen LogP) is 2.32. The summed E-state index contributed by atoms with van der Waals surface area (Å²) >= 11 is 5.91. The topological polar surface area (TPSA) is 75.4 Å². The maximum atomic E-state index is 12.7. The van der Waals surface area contributed by atoms with Gasteiger partial charge in [-0.3, -0.25) is 14.3 Å². The van der Waals surface area contributed by atoms with Crippen LogP contribution in [0.5, 0.6) is 0 Å². The lowest BCUT2D eigenvalue weighted by molar-refractivity contribution is -0.141. The molecule has 2 aromatic rings. The Morgan fingerprint density at radius 2 is 1.92 bits per heavy atom. The molecule has 7 heteroatoms. The zero-order valence-electron chi connectivity index (χ0n) is 13.4. The minimum atomic E-state index is -0.895. The quantitative estimate of drug-likeness (QED) is 0.924. The van der Waals surface area contributed by atoms with Crippen molar-refractivity contribution in [1.82, 2.24) is 14.7 Å². The summed E-state index contributed by atoms with van der Waals surface area (Å²) in [5.74, 6) is -1.95. The van der Waals surface area contributed by atoms with E-state index in [0.717, 1.165) is 11.3 Å². The van der Waals surface area contributed by atoms with E-state index in [1.54, 1.807) is 28.8 Å². The third kappa shape index (κ3) is 2.89. The van der Waals surface area contributed by atoms with E-state index in [-0.39, 0.29) is 18.4 Å². The van der Waals surface area contributed by atoms with Crippen LogP contribution in [0.3, 0.4) is 0 Å². The van der Waals surface area contributed by atoms with Crippen molar-refractivity contribution in [1.29, 1.82) is 0 Å². The smallest absolute Gasteiger partial charge is 0.308 e. The van der Waals surface area contributed by atoms with Crippen molar-refractivity contribution in [2.24, 2.45) is 13.0 Å². The molecule has 0 saturated carbocycles. The Hall–Kier alpha value is -2.34. The molecule has 0 spiro atoms. The number of halogens is 1. The minimum absolute atomic E-state index is 0.177. The summed E-state index contributed by atoms with van der Waals surface area (Å²) in [5, 5.41) is 14.2. The highest BCUT2D eigenvalue weighted by Gasteiger charge is 2.41. The van der Waals surface area contributed by atoms with Gasteiger partial charge in [0.25, 0.3) is 5.91 Å². The molecule has 1 saturated heterocycles. The Kier molecular flexibility index (Phi) is 4.32. The number of carboxylic acid groups (broad SMARTS) is 1. The molecule has 126 valence electrons. The first-order valence-electron chi connectivity index (χ1n) is 7.64. The number of hydrogen-bond acceptors (Lipinski definition) is 3. The van der Waals surface area contributed by atoms with Crippen LogP contribution in [0.2, 0.25) is 5.02 Å². The maximum Gasteiger partial charge on any atom is 0.308 e. The normalized spacial score (nSPS) is 20.4. The molecule has 0 aliphatic carbocycles. The van der Waals surface area contributed by atoms with Gasteiger partial charge < -0.3 is 10.0 Å². The van der Waals surface area contributed by atoms with Crippen molar-refractivity contribution in [3.8, 4) is 0 Å². The van der Waals surface area contributed by atoms with Gasteiger partial charge in [0, 0.05) is 36.8 Å². The Bertz CT molecular complexity index is 785. The molecule has 6 nitrogen and oxygen atoms in total. The molecule has 24 heavy (non-hydrogen) atoms. The minimum Gasteiger partial charge on any atom is -0.481 e. The Balaban J connectivity index is 1.87. The lowest BCUT2D eigenvalue weighted by atomic mass is 9.89. The summed E-state index contributed by atoms with van der Waals surface area (Å²) in [7, 11) is 1.77. The number of aryl methyl sites for hydroxylation is 1. The number of likely N-dealkylation sites (tertiary alicyclic amines) is 1. The number of benzene rings is 1. The average Bonchev–Trinajstić information content (AvgIpc) is 3.13. The van der Waals surface area contributed by atoms with Crippen molar-refractivity contribution in [3.63, 3.8) is 0 Å². The highest BCUT2D eigenvalue weighted by Crippen LogP contribution is 2.34. The molecule has 0 bridgehead atoms. The molecule has 1 aromatic carbocycles. The number of carbonyl (C=O) groups excluding carboxylic acids is 1. The van der Waals surface area contributed by atoms with Crippen LogP contribution in [0.25, 0.3) is 0 Å². The van der Waals surface area contributed by atoms with Crippen LogP contribution in [0.1, 0.15) is 27.5 Å². The highest BCUT2D eigenvalue weighted by molar-refractivity contribution is 6.30. The summed E-state index contributed by atoms with van der Waals surface area (Å²) in [4.78, 5) is 26.0. The van der Waals surface area contributed by atoms with Gasteiger partial charge >= 0.3 is 5.97 Å². The molecule has 0 unspecified atom stereocenters. The van der Waals surface area contributed by atoms with Gasteiger partial charge in [-0.25, -0.2) is 0 Å². The molecule has 1 aromatic heterocycles. The SMILES string of the molecule is Cc1c(C(=O)N2C[C@@H](C(=O)O)[C@H](c3ccc(Cl)cc3)C2)cnn1C. The highest BCUT2D eigenvalue weighted by atomic mass is 35.5. The van der Waals surface area contributed by atoms with E-state index < -0.39 is 11.9 Å². The van der Waals surface area contributed by atoms with Gasteiger partial charge in [0.15, 0.2) is 0 Å². The van der Waals surface area contributed by atoms with Crippen molar-refractivity contribution < 1.29 is 14.7 Å². The molecule has 3 rings (SSSR count). The number of amides is 1. The fourth-order valence-corrected chi connectivity index (χ4v) is 3.27. The molecular weight excluding hydrogens is 330 g/mol. The molecule has 0 radical (unpaired) electrons. The fraction of sp³-hybridized carbons (Fsp3) is 0.353. The van der Waals surface area contributed by atoms with Crippen molar-refractivity contribution in [2.75, 3.05) is 13.1 Å². The Morgan fingerprint density at radius 3 is 2.46 bits per heavy atom. The van der Waals surface area contributed by atoms with E-state index in [9.17, 15) is 14.7 Å². The van der Waals surface area contributed by atoms with E-state index in [2.05, 4.69) is 5.10 Å². The van der Waals surface area contributed by atoms with E-state index in [0.29, 0.717) is 17.1 Å². The molecule has 1 amide bonds. The number of aliphatic carboxylic acids is 1. The van der Waals surface area contributed by atoms with Crippen LogP contribution >= 0.6 is 11.6 Å². The molecule has 1 aliphatic rings. The van der Waals surface area contributed by atoms with Crippen LogP contribution < -0.4 is 0 Å². The van der Waals surface area contributed by atoms with E-state index >= 15 is 0 Å². The van der Waals surface area contributed by atoms with Gasteiger partial charge in [0.2, 0.25) is 0 Å². The van der Waals surface area contributed by atoms with Crippen LogP contribution in [0, 0.1) is 12.8 Å². The first-order valence-corrected chi connectivity index (χ1v) is 8.02. The zero-order chi connectivity index (χ0) is 17.4. The second kappa shape index (κ2) is 6.28. The monoisotopic (exact) mass is 347 g/mol. The summed E-state index contributed by atoms with van der Waals surface area (Å²) < 4.78 is 1.63. The van der Waals surface area contributed by atoms with Crippen molar-refractivity contribution in [3.05, 3.63) is 52.3 Å². The van der Waals surface area contributed by atoms with Gasteiger partial charge in [-0.1, -0.05) is 23.7 Å². The number of rotatable bonds is 3. The molecule has 1 fully saturated rings. The van der Waals surface area contributed by atoms with Crippen molar-refractivity contribution >= 4 is 23.5 Å². The molecule has 2 atom stereocenters. The Morgan fingerprint density at radius 1 is 1.25 bits per heavy atom. The van der Waals surface area contributed by atoms with E-state index in [1.807, 2.05) is 19.1 Å². The molecule has 1 aliphatic heterocycles. The first kappa shape index (κ1) is 16.5. The average molecular weight is 348 g/mol. The van der Waals surface area contributed by atoms with E-state index in [1.165, 1.54) is 6.20 Å². The van der Waals surface area contributed by atoms with E-state index in [4.69, 9.17) is 11.6 Å². The lowest BCUT2D eigenvalue weighted by Crippen LogP contribution is -2.30. The lowest BCUT2D eigenvalue weighted by Gasteiger charge is -2.16. The second-order valence-corrected chi connectivity index (χ2v) is 6.52. The van der Waals surface area contributed by atoms with Crippen LogP contribution in [-0.2, 0) is 11.8 Å². The van der Waals surface area contributed by atoms with Gasteiger partial charge in [-0.15, -0.1) is 0 Å². The van der Waals surface area contributed by atoms with Crippen LogP contribution in [0.4, 0.5) is 0 Å². The van der Waals surface area contributed by atoms with Gasteiger partial charge in [-0.2, -0.15) is 5.10 Å². The third-order valence-corrected chi connectivity index (χ3v) is 4.94. The predicted molar refractivity (Wildman–Crippen MR) is 89.2 cm³/mol. The number of carbonyl (C=O) groups is 2. The fourth-order valence-electron chi connectivity index (χ4n) is 3.15. The zero-order valence-corrected chi connectivity index (χ0v) is 14.2. The maximum absolute atomic E-state index is 12.7. The first-order chi connectivity index (χ1) is 11.4. The third-order valence-electron chi connectivity index (χ3n) is 4.69. The standard InChI is InChI=1S/C17H18ClN3O3/c1-10-13(7-19-20(10)2)16(22)21-8-14(15(9-21)17(23)24)11-3-5-12(18)6-4-11/h3-7,14-15H,8-9H2,1-2H3,(H,23,24)/t14-,15+/m0/s1. The summed E-state index contributed by atoms with van der Waals surface area (Å²) in [6, 6.07) is 7.13. The number of aromatic nitrogens is 2. The summed E-state index contributed by atoms with van der Waals surface area (Å²) in [6.07, 6.45) is 1.53. The summed E-state index contributed by atoms with van der Waals surface area (Å²) in [6.45, 7) is 2.38. The molecule has 1 N–H and O–H groups in total. The number of carboxylic acids is 1. The second-order valence-electron chi connectivity index (χ2n) is 6.08. The van der Waals surface area contributed by atoms with Crippen LogP contribution in [-0.4, -0.2) is 44.8 Å².